The van der Waals surface area contributed by atoms with Gasteiger partial charge in [-0.1, -0.05) is 18.5 Å². The van der Waals surface area contributed by atoms with E-state index in [-0.39, 0.29) is 0 Å². The Morgan fingerprint density at radius 3 is 2.29 bits per heavy atom. The molecule has 0 N–H and O–H groups in total. The van der Waals surface area contributed by atoms with E-state index in [1.54, 1.807) is 0 Å². The molecule has 0 spiro atoms. The molecule has 0 unspecified atom stereocenters. The molecule has 0 aliphatic carbocycles. The second-order valence-corrected chi connectivity index (χ2v) is 1.64. The van der Waals surface area contributed by atoms with Crippen LogP contribution >= 0.6 is 11.6 Å². The minimum absolute atomic E-state index is 0.725. The summed E-state index contributed by atoms with van der Waals surface area (Å²) in [6.07, 6.45) is 0.857. The van der Waals surface area contributed by atoms with Gasteiger partial charge in [-0.15, -0.1) is 0 Å². The topological polar surface area (TPSA) is 12.4 Å². The Bertz CT molecular complexity index is 68.5. The average Bonchev–Trinajstić information content (AvgIpc) is 1.68. The molecular weight excluding hydrogens is 110 g/mol. The first-order valence-electron chi connectivity index (χ1n) is 2.50. The van der Waals surface area contributed by atoms with Crippen molar-refractivity contribution in [2.24, 2.45) is 4.99 Å². The fraction of sp³-hybridized carbons (Fsp3) is 0.800. The Kier molecular flexibility index (Phi) is 4.10. The Balaban J connectivity index is 3.29. The molecule has 0 aromatic carbocycles. The first-order valence-corrected chi connectivity index (χ1v) is 2.87. The molecule has 7 heavy (non-hydrogen) atoms. The van der Waals surface area contributed by atoms with Crippen molar-refractivity contribution >= 4 is 16.8 Å². The van der Waals surface area contributed by atoms with Gasteiger partial charge in [-0.2, -0.15) is 0 Å². The third-order valence-electron chi connectivity index (χ3n) is 0.621. The Labute approximate surface area is 49.4 Å². The number of rotatable bonds is 2. The zero-order valence-electron chi connectivity index (χ0n) is 4.74. The van der Waals surface area contributed by atoms with Gasteiger partial charge in [0, 0.05) is 6.54 Å². The van der Waals surface area contributed by atoms with Gasteiger partial charge < -0.3 is 0 Å². The van der Waals surface area contributed by atoms with Crippen molar-refractivity contribution < 1.29 is 0 Å². The summed E-state index contributed by atoms with van der Waals surface area (Å²) < 4.78 is 0. The molecule has 0 aliphatic heterocycles. The number of nitrogens with zero attached hydrogens (tertiary/aromatic N) is 1. The fourth-order valence-corrected chi connectivity index (χ4v) is 0.403. The molecule has 1 nitrogen and oxygen atoms in total. The summed E-state index contributed by atoms with van der Waals surface area (Å²) in [7, 11) is 0. The van der Waals surface area contributed by atoms with Crippen LogP contribution in [0.3, 0.4) is 0 Å². The van der Waals surface area contributed by atoms with Crippen molar-refractivity contribution in [1.82, 2.24) is 0 Å². The second-order valence-electron chi connectivity index (χ2n) is 1.20. The van der Waals surface area contributed by atoms with Crippen molar-refractivity contribution in [1.29, 1.82) is 0 Å². The second kappa shape index (κ2) is 4.13. The molecule has 0 radical (unpaired) electrons. The van der Waals surface area contributed by atoms with Gasteiger partial charge in [0.1, 0.15) is 0 Å². The quantitative estimate of drug-likeness (QED) is 0.494. The highest BCUT2D eigenvalue weighted by Crippen LogP contribution is 1.89. The molecule has 42 valence electrons. The molecule has 0 fully saturated rings. The predicted octanol–water partition coefficient (Wildman–Crippen LogP) is 2.05. The summed E-state index contributed by atoms with van der Waals surface area (Å²) in [6.45, 7) is 4.76. The van der Waals surface area contributed by atoms with Crippen molar-refractivity contribution in [3.8, 4) is 0 Å². The zero-order chi connectivity index (χ0) is 5.70. The molecule has 0 aromatic heterocycles. The third-order valence-corrected chi connectivity index (χ3v) is 1.01. The van der Waals surface area contributed by atoms with Crippen molar-refractivity contribution in [2.45, 2.75) is 20.3 Å². The maximum absolute atomic E-state index is 5.52. The summed E-state index contributed by atoms with van der Waals surface area (Å²) in [5, 5.41) is 0.725. The van der Waals surface area contributed by atoms with Crippen LogP contribution < -0.4 is 0 Å². The fourth-order valence-electron chi connectivity index (χ4n) is 0.283. The van der Waals surface area contributed by atoms with Crippen LogP contribution in [0.1, 0.15) is 20.3 Å². The Hall–Kier alpha value is -0.0400. The highest BCUT2D eigenvalue weighted by Gasteiger charge is 1.81. The van der Waals surface area contributed by atoms with E-state index in [1.807, 2.05) is 13.8 Å². The number of hydrogen-bond acceptors (Lipinski definition) is 1. The monoisotopic (exact) mass is 119 g/mol. The lowest BCUT2D eigenvalue weighted by atomic mass is 10.5. The molecule has 0 amide bonds. The SMILES string of the molecule is CC/N=C(/Cl)CC. The smallest absolute Gasteiger partial charge is 0.0999 e. The Morgan fingerprint density at radius 2 is 2.14 bits per heavy atom. The van der Waals surface area contributed by atoms with Gasteiger partial charge in [-0.25, -0.2) is 0 Å². The predicted molar refractivity (Wildman–Crippen MR) is 34.1 cm³/mol. The molecule has 0 bridgehead atoms. The maximum atomic E-state index is 5.52. The van der Waals surface area contributed by atoms with E-state index < -0.39 is 0 Å². The van der Waals surface area contributed by atoms with E-state index in [0.29, 0.717) is 0 Å². The molecule has 0 saturated carbocycles. The summed E-state index contributed by atoms with van der Waals surface area (Å²) in [6, 6.07) is 0. The highest BCUT2D eigenvalue weighted by atomic mass is 35.5. The van der Waals surface area contributed by atoms with E-state index in [1.165, 1.54) is 0 Å². The summed E-state index contributed by atoms with van der Waals surface area (Å²) in [4.78, 5) is 3.93. The van der Waals surface area contributed by atoms with E-state index >= 15 is 0 Å². The molecule has 0 heterocycles. The first-order chi connectivity index (χ1) is 3.31. The van der Waals surface area contributed by atoms with Crippen LogP contribution in [-0.4, -0.2) is 11.7 Å². The van der Waals surface area contributed by atoms with Gasteiger partial charge in [0.2, 0.25) is 0 Å². The molecular formula is C5H10ClN. The number of halogens is 1. The van der Waals surface area contributed by atoms with Gasteiger partial charge in [-0.05, 0) is 13.3 Å². The highest BCUT2D eigenvalue weighted by molar-refractivity contribution is 6.65. The lowest BCUT2D eigenvalue weighted by molar-refractivity contribution is 1.11. The molecule has 0 atom stereocenters. The van der Waals surface area contributed by atoms with E-state index in [9.17, 15) is 0 Å². The van der Waals surface area contributed by atoms with Gasteiger partial charge >= 0.3 is 0 Å². The Morgan fingerprint density at radius 1 is 1.57 bits per heavy atom. The standard InChI is InChI=1S/C5H10ClN/c1-3-5(6)7-4-2/h3-4H2,1-2H3/b7-5+. The van der Waals surface area contributed by atoms with Crippen LogP contribution in [0.4, 0.5) is 0 Å². The van der Waals surface area contributed by atoms with Crippen LogP contribution in [0.2, 0.25) is 0 Å². The minimum Gasteiger partial charge on any atom is -0.278 e. The molecule has 0 saturated heterocycles. The van der Waals surface area contributed by atoms with Crippen LogP contribution in [-0.2, 0) is 0 Å². The van der Waals surface area contributed by atoms with E-state index in [4.69, 9.17) is 11.6 Å². The van der Waals surface area contributed by atoms with Crippen LogP contribution in [0, 0.1) is 0 Å². The van der Waals surface area contributed by atoms with Crippen molar-refractivity contribution in [3.63, 3.8) is 0 Å². The lowest BCUT2D eigenvalue weighted by Crippen LogP contribution is -1.82. The van der Waals surface area contributed by atoms with Gasteiger partial charge in [0.15, 0.2) is 0 Å². The number of hydrogen-bond donors (Lipinski definition) is 0. The van der Waals surface area contributed by atoms with Crippen LogP contribution in [0.5, 0.6) is 0 Å². The van der Waals surface area contributed by atoms with Gasteiger partial charge in [0.05, 0.1) is 5.17 Å². The van der Waals surface area contributed by atoms with Gasteiger partial charge in [-0.3, -0.25) is 4.99 Å². The van der Waals surface area contributed by atoms with Crippen molar-refractivity contribution in [2.75, 3.05) is 6.54 Å². The van der Waals surface area contributed by atoms with E-state index in [2.05, 4.69) is 4.99 Å². The minimum atomic E-state index is 0.725. The normalized spacial score (nSPS) is 12.1. The molecule has 0 aliphatic rings. The van der Waals surface area contributed by atoms with Crippen LogP contribution in [0.25, 0.3) is 0 Å². The average molecular weight is 120 g/mol. The van der Waals surface area contributed by atoms with Crippen LogP contribution in [0.15, 0.2) is 4.99 Å². The van der Waals surface area contributed by atoms with Gasteiger partial charge in [0.25, 0.3) is 0 Å². The van der Waals surface area contributed by atoms with Crippen molar-refractivity contribution in [3.05, 3.63) is 0 Å². The largest absolute Gasteiger partial charge is 0.278 e. The summed E-state index contributed by atoms with van der Waals surface area (Å²) in [5.74, 6) is 0. The molecule has 2 heteroatoms. The number of aliphatic imine (C=N–C) groups is 1. The zero-order valence-corrected chi connectivity index (χ0v) is 5.50. The third kappa shape index (κ3) is 3.80. The molecule has 0 aromatic rings. The summed E-state index contributed by atoms with van der Waals surface area (Å²) >= 11 is 5.52. The molecule has 0 rings (SSSR count). The summed E-state index contributed by atoms with van der Waals surface area (Å²) in [5.41, 5.74) is 0. The maximum Gasteiger partial charge on any atom is 0.0999 e. The first kappa shape index (κ1) is 6.96. The van der Waals surface area contributed by atoms with E-state index in [0.717, 1.165) is 18.1 Å². The lowest BCUT2D eigenvalue weighted by Gasteiger charge is -1.85.